The molecule has 228 valence electrons. The Morgan fingerprint density at radius 1 is 1.05 bits per heavy atom. The number of hydrogen-bond acceptors (Lipinski definition) is 10. The molecule has 3 atom stereocenters. The Morgan fingerprint density at radius 3 is 2.33 bits per heavy atom. The van der Waals surface area contributed by atoms with Crippen molar-refractivity contribution in [1.29, 1.82) is 0 Å². The first-order valence-corrected chi connectivity index (χ1v) is 14.2. The largest absolute Gasteiger partial charge is 0.463 e. The number of likely N-dealkylation sites (tertiary alicyclic amines) is 1. The van der Waals surface area contributed by atoms with Gasteiger partial charge >= 0.3 is 11.9 Å². The second-order valence-corrected chi connectivity index (χ2v) is 10.3. The van der Waals surface area contributed by atoms with Gasteiger partial charge in [0.15, 0.2) is 0 Å². The van der Waals surface area contributed by atoms with Gasteiger partial charge in [-0.2, -0.15) is 0 Å². The van der Waals surface area contributed by atoms with Gasteiger partial charge in [-0.3, -0.25) is 15.0 Å². The Hall–Kier alpha value is -4.32. The molecule has 0 bridgehead atoms. The molecule has 1 fully saturated rings. The lowest BCUT2D eigenvalue weighted by molar-refractivity contribution is -0.384. The molecule has 1 saturated heterocycles. The number of nitro groups is 1. The molecule has 0 radical (unpaired) electrons. The van der Waals surface area contributed by atoms with E-state index in [1.807, 2.05) is 30.3 Å². The van der Waals surface area contributed by atoms with Crippen LogP contribution in [0.1, 0.15) is 43.4 Å². The first kappa shape index (κ1) is 31.6. The summed E-state index contributed by atoms with van der Waals surface area (Å²) in [5.74, 6) is -2.25. The van der Waals surface area contributed by atoms with E-state index in [4.69, 9.17) is 14.2 Å². The zero-order valence-corrected chi connectivity index (χ0v) is 24.7. The number of aliphatic hydroxyl groups excluding tert-OH is 1. The van der Waals surface area contributed by atoms with E-state index in [-0.39, 0.29) is 36.2 Å². The molecule has 11 heteroatoms. The van der Waals surface area contributed by atoms with E-state index in [1.165, 1.54) is 18.2 Å². The maximum Gasteiger partial charge on any atom is 0.337 e. The summed E-state index contributed by atoms with van der Waals surface area (Å²) in [5, 5.41) is 24.9. The van der Waals surface area contributed by atoms with Gasteiger partial charge in [0.1, 0.15) is 0 Å². The van der Waals surface area contributed by atoms with Gasteiger partial charge in [-0.1, -0.05) is 42.5 Å². The van der Waals surface area contributed by atoms with E-state index in [9.17, 15) is 24.8 Å². The molecule has 2 aliphatic rings. The predicted octanol–water partition coefficient (Wildman–Crippen LogP) is 3.84. The lowest BCUT2D eigenvalue weighted by atomic mass is 9.80. The molecule has 4 rings (SSSR count). The third-order valence-electron chi connectivity index (χ3n) is 7.44. The van der Waals surface area contributed by atoms with Crippen molar-refractivity contribution < 1.29 is 33.8 Å². The van der Waals surface area contributed by atoms with Crippen LogP contribution in [0.4, 0.5) is 5.69 Å². The highest BCUT2D eigenvalue weighted by Gasteiger charge is 2.39. The SMILES string of the molecule is CCOC(=O)C1=C(C)NC(C=Cc2ccc(CN3CC(O)C(OC)C3)cc2)=C(C(=O)OCC)C1c1cccc([N+](=O)[O-])c1. The molecule has 43 heavy (non-hydrogen) atoms. The number of ether oxygens (including phenoxy) is 3. The summed E-state index contributed by atoms with van der Waals surface area (Å²) in [6.07, 6.45) is 2.86. The summed E-state index contributed by atoms with van der Waals surface area (Å²) < 4.78 is 16.1. The molecule has 2 aliphatic heterocycles. The third kappa shape index (κ3) is 7.37. The maximum atomic E-state index is 13.4. The monoisotopic (exact) mass is 591 g/mol. The summed E-state index contributed by atoms with van der Waals surface area (Å²) in [7, 11) is 1.60. The van der Waals surface area contributed by atoms with Gasteiger partial charge in [0.2, 0.25) is 0 Å². The van der Waals surface area contributed by atoms with E-state index >= 15 is 0 Å². The number of methoxy groups -OCH3 is 1. The van der Waals surface area contributed by atoms with Crippen LogP contribution in [0.5, 0.6) is 0 Å². The summed E-state index contributed by atoms with van der Waals surface area (Å²) in [6.45, 7) is 7.14. The summed E-state index contributed by atoms with van der Waals surface area (Å²) in [6, 6.07) is 13.8. The molecule has 11 nitrogen and oxygen atoms in total. The van der Waals surface area contributed by atoms with Crippen molar-refractivity contribution in [3.05, 3.63) is 104 Å². The number of nitrogens with zero attached hydrogens (tertiary/aromatic N) is 2. The first-order valence-electron chi connectivity index (χ1n) is 14.2. The van der Waals surface area contributed by atoms with E-state index in [1.54, 1.807) is 40.0 Å². The van der Waals surface area contributed by atoms with Gasteiger partial charge < -0.3 is 24.6 Å². The lowest BCUT2D eigenvalue weighted by Crippen LogP contribution is -2.33. The van der Waals surface area contributed by atoms with Crippen molar-refractivity contribution in [2.24, 2.45) is 0 Å². The molecule has 3 unspecified atom stereocenters. The normalized spacial score (nSPS) is 20.8. The predicted molar refractivity (Wildman–Crippen MR) is 160 cm³/mol. The Balaban J connectivity index is 1.70. The Kier molecular flexibility index (Phi) is 10.5. The molecular formula is C32H37N3O8. The van der Waals surface area contributed by atoms with Crippen molar-refractivity contribution in [1.82, 2.24) is 10.2 Å². The van der Waals surface area contributed by atoms with Gasteiger partial charge in [-0.05, 0) is 43.5 Å². The summed E-state index contributed by atoms with van der Waals surface area (Å²) in [4.78, 5) is 39.8. The molecule has 2 heterocycles. The number of rotatable bonds is 11. The number of allylic oxidation sites excluding steroid dienone is 2. The second-order valence-electron chi connectivity index (χ2n) is 10.3. The molecule has 0 spiro atoms. The number of carbonyl (C=O) groups excluding carboxylic acids is 2. The van der Waals surface area contributed by atoms with Crippen LogP contribution in [0, 0.1) is 10.1 Å². The number of hydrogen-bond donors (Lipinski definition) is 2. The molecule has 2 N–H and O–H groups in total. The van der Waals surface area contributed by atoms with E-state index in [2.05, 4.69) is 10.2 Å². The van der Waals surface area contributed by atoms with Crippen molar-refractivity contribution in [2.75, 3.05) is 33.4 Å². The van der Waals surface area contributed by atoms with Crippen molar-refractivity contribution >= 4 is 23.7 Å². The molecule has 0 saturated carbocycles. The fraction of sp³-hybridized carbons (Fsp3) is 0.375. The number of carbonyl (C=O) groups is 2. The quantitative estimate of drug-likeness (QED) is 0.225. The number of nitrogens with one attached hydrogen (secondary N) is 1. The van der Waals surface area contributed by atoms with E-state index in [0.29, 0.717) is 36.6 Å². The highest BCUT2D eigenvalue weighted by molar-refractivity contribution is 6.00. The molecule has 2 aromatic carbocycles. The van der Waals surface area contributed by atoms with Crippen molar-refractivity contribution in [2.45, 2.75) is 45.4 Å². The van der Waals surface area contributed by atoms with Gasteiger partial charge in [0.25, 0.3) is 5.69 Å². The average Bonchev–Trinajstić information content (AvgIpc) is 3.35. The number of β-amino-alcohol motifs (C(OH)–C–C–N with tert-alkyl or cyclic N) is 1. The van der Waals surface area contributed by atoms with Crippen LogP contribution in [-0.2, 0) is 30.3 Å². The summed E-state index contributed by atoms with van der Waals surface area (Å²) in [5.41, 5.74) is 3.34. The molecule has 0 aromatic heterocycles. The Morgan fingerprint density at radius 2 is 1.72 bits per heavy atom. The minimum Gasteiger partial charge on any atom is -0.463 e. The van der Waals surface area contributed by atoms with Gasteiger partial charge in [-0.15, -0.1) is 0 Å². The number of dihydropyridines is 1. The highest BCUT2D eigenvalue weighted by atomic mass is 16.6. The molecule has 2 aromatic rings. The Labute approximate surface area is 250 Å². The lowest BCUT2D eigenvalue weighted by Gasteiger charge is -2.30. The van der Waals surface area contributed by atoms with Gasteiger partial charge in [0.05, 0.1) is 47.4 Å². The molecule has 0 amide bonds. The topological polar surface area (TPSA) is 140 Å². The maximum absolute atomic E-state index is 13.4. The zero-order valence-electron chi connectivity index (χ0n) is 24.7. The van der Waals surface area contributed by atoms with Crippen LogP contribution in [0.2, 0.25) is 0 Å². The first-order chi connectivity index (χ1) is 20.7. The number of non-ortho nitro benzene ring substituents is 1. The minimum atomic E-state index is -0.965. The molecule has 0 aliphatic carbocycles. The van der Waals surface area contributed by atoms with Crippen LogP contribution in [0.3, 0.4) is 0 Å². The Bertz CT molecular complexity index is 1450. The standard InChI is InChI=1S/C32H37N3O8/c1-5-42-31(37)28-20(3)33-25(30(32(38)43-6-2)29(28)23-8-7-9-24(16-23)35(39)40)15-14-21-10-12-22(13-11-21)17-34-18-26(36)27(19-34)41-4/h7-16,26-27,29,33,36H,5-6,17-19H2,1-4H3. The van der Waals surface area contributed by atoms with Crippen LogP contribution in [0.25, 0.3) is 6.08 Å². The van der Waals surface area contributed by atoms with Crippen LogP contribution < -0.4 is 5.32 Å². The second kappa shape index (κ2) is 14.2. The van der Waals surface area contributed by atoms with Crippen molar-refractivity contribution in [3.63, 3.8) is 0 Å². The van der Waals surface area contributed by atoms with Crippen LogP contribution in [0.15, 0.2) is 77.1 Å². The smallest absolute Gasteiger partial charge is 0.337 e. The highest BCUT2D eigenvalue weighted by Crippen LogP contribution is 2.40. The number of aliphatic hydroxyl groups is 1. The van der Waals surface area contributed by atoms with Crippen molar-refractivity contribution in [3.8, 4) is 0 Å². The average molecular weight is 592 g/mol. The van der Waals surface area contributed by atoms with E-state index < -0.39 is 28.9 Å². The van der Waals surface area contributed by atoms with Gasteiger partial charge in [-0.25, -0.2) is 9.59 Å². The zero-order chi connectivity index (χ0) is 31.1. The van der Waals surface area contributed by atoms with Crippen LogP contribution >= 0.6 is 0 Å². The van der Waals surface area contributed by atoms with Gasteiger partial charge in [0, 0.05) is 50.3 Å². The minimum absolute atomic E-state index is 0.0963. The third-order valence-corrected chi connectivity index (χ3v) is 7.44. The number of esters is 2. The molecular weight excluding hydrogens is 554 g/mol. The summed E-state index contributed by atoms with van der Waals surface area (Å²) >= 11 is 0. The fourth-order valence-electron chi connectivity index (χ4n) is 5.42. The number of nitro benzene ring substituents is 1. The van der Waals surface area contributed by atoms with E-state index in [0.717, 1.165) is 11.1 Å². The number of benzene rings is 2. The fourth-order valence-corrected chi connectivity index (χ4v) is 5.42. The van der Waals surface area contributed by atoms with Crippen LogP contribution in [-0.4, -0.2) is 72.5 Å².